The number of pyridine rings is 2. The highest BCUT2D eigenvalue weighted by Gasteiger charge is 2.03. The predicted octanol–water partition coefficient (Wildman–Crippen LogP) is 3.81. The van der Waals surface area contributed by atoms with Gasteiger partial charge in [0.25, 0.3) is 0 Å². The van der Waals surface area contributed by atoms with Gasteiger partial charge in [-0.15, -0.1) is 0 Å². The largest absolute Gasteiger partial charge is 0.365 e. The average molecular weight is 313 g/mol. The second-order valence-corrected chi connectivity index (χ2v) is 4.96. The van der Waals surface area contributed by atoms with Crippen LogP contribution in [0, 0.1) is 6.92 Å². The van der Waals surface area contributed by atoms with E-state index in [1.165, 1.54) is 5.56 Å². The minimum Gasteiger partial charge on any atom is -0.365 e. The molecule has 0 aliphatic rings. The maximum atomic E-state index is 6.07. The summed E-state index contributed by atoms with van der Waals surface area (Å²) < 4.78 is 0.869. The lowest BCUT2D eigenvalue weighted by Gasteiger charge is -2.09. The van der Waals surface area contributed by atoms with Crippen molar-refractivity contribution >= 4 is 33.3 Å². The molecule has 0 atom stereocenters. The molecule has 0 aromatic carbocycles. The number of anilines is 1. The molecule has 0 aliphatic heterocycles. The van der Waals surface area contributed by atoms with Gasteiger partial charge in [-0.05, 0) is 46.1 Å². The van der Waals surface area contributed by atoms with Gasteiger partial charge in [-0.3, -0.25) is 4.98 Å². The molecule has 0 aliphatic carbocycles. The smallest absolute Gasteiger partial charge is 0.145 e. The first-order chi connectivity index (χ1) is 8.16. The maximum absolute atomic E-state index is 6.07. The molecule has 0 spiro atoms. The number of rotatable bonds is 3. The summed E-state index contributed by atoms with van der Waals surface area (Å²) in [5.41, 5.74) is 2.33. The van der Waals surface area contributed by atoms with Crippen LogP contribution in [0.4, 0.5) is 5.82 Å². The molecule has 5 heteroatoms. The van der Waals surface area contributed by atoms with Crippen molar-refractivity contribution in [3.63, 3.8) is 0 Å². The highest BCUT2D eigenvalue weighted by molar-refractivity contribution is 9.10. The quantitative estimate of drug-likeness (QED) is 0.936. The van der Waals surface area contributed by atoms with Gasteiger partial charge in [0.1, 0.15) is 5.82 Å². The van der Waals surface area contributed by atoms with Crippen molar-refractivity contribution in [3.8, 4) is 0 Å². The Labute approximate surface area is 113 Å². The predicted molar refractivity (Wildman–Crippen MR) is 73.2 cm³/mol. The summed E-state index contributed by atoms with van der Waals surface area (Å²) in [7, 11) is 0. The molecule has 88 valence electrons. The molecule has 1 N–H and O–H groups in total. The number of hydrogen-bond acceptors (Lipinski definition) is 3. The van der Waals surface area contributed by atoms with Crippen molar-refractivity contribution < 1.29 is 0 Å². The van der Waals surface area contributed by atoms with E-state index in [9.17, 15) is 0 Å². The lowest BCUT2D eigenvalue weighted by atomic mass is 10.1. The van der Waals surface area contributed by atoms with Crippen molar-refractivity contribution in [1.29, 1.82) is 0 Å². The van der Waals surface area contributed by atoms with E-state index in [1.807, 2.05) is 25.3 Å². The van der Waals surface area contributed by atoms with Gasteiger partial charge in [-0.2, -0.15) is 0 Å². The van der Waals surface area contributed by atoms with Gasteiger partial charge in [-0.25, -0.2) is 4.98 Å². The van der Waals surface area contributed by atoms with Gasteiger partial charge in [0.15, 0.2) is 0 Å². The van der Waals surface area contributed by atoms with Gasteiger partial charge in [-0.1, -0.05) is 11.6 Å². The van der Waals surface area contributed by atoms with E-state index in [4.69, 9.17) is 11.6 Å². The fourth-order valence-corrected chi connectivity index (χ4v) is 2.12. The zero-order chi connectivity index (χ0) is 12.3. The van der Waals surface area contributed by atoms with Crippen LogP contribution in [0.3, 0.4) is 0 Å². The number of hydrogen-bond donors (Lipinski definition) is 1. The van der Waals surface area contributed by atoms with E-state index in [0.717, 1.165) is 10.0 Å². The molecule has 2 aromatic rings. The number of halogens is 2. The van der Waals surface area contributed by atoms with E-state index < -0.39 is 0 Å². The molecule has 0 saturated heterocycles. The minimum atomic E-state index is 0.603. The van der Waals surface area contributed by atoms with E-state index in [1.54, 1.807) is 12.4 Å². The highest BCUT2D eigenvalue weighted by Crippen LogP contribution is 2.23. The first-order valence-electron chi connectivity index (χ1n) is 5.11. The van der Waals surface area contributed by atoms with Crippen LogP contribution in [-0.2, 0) is 6.54 Å². The SMILES string of the molecule is Cc1cnccc1CNc1ncc(Br)cc1Cl. The van der Waals surface area contributed by atoms with Crippen LogP contribution in [0.1, 0.15) is 11.1 Å². The van der Waals surface area contributed by atoms with Crippen LogP contribution in [0.25, 0.3) is 0 Å². The van der Waals surface area contributed by atoms with E-state index in [-0.39, 0.29) is 0 Å². The average Bonchev–Trinajstić information content (AvgIpc) is 2.30. The second-order valence-electron chi connectivity index (χ2n) is 3.64. The summed E-state index contributed by atoms with van der Waals surface area (Å²) in [6, 6.07) is 3.80. The van der Waals surface area contributed by atoms with E-state index >= 15 is 0 Å². The Kier molecular flexibility index (Phi) is 3.97. The van der Waals surface area contributed by atoms with Crippen LogP contribution in [0.2, 0.25) is 5.02 Å². The third-order valence-electron chi connectivity index (χ3n) is 2.39. The molecule has 2 heterocycles. The number of nitrogens with zero attached hydrogens (tertiary/aromatic N) is 2. The normalized spacial score (nSPS) is 10.3. The Morgan fingerprint density at radius 3 is 2.94 bits per heavy atom. The van der Waals surface area contributed by atoms with Crippen LogP contribution in [-0.4, -0.2) is 9.97 Å². The van der Waals surface area contributed by atoms with Crippen LogP contribution < -0.4 is 5.32 Å². The fourth-order valence-electron chi connectivity index (χ4n) is 1.42. The van der Waals surface area contributed by atoms with Gasteiger partial charge in [0.05, 0.1) is 5.02 Å². The molecule has 0 bridgehead atoms. The molecule has 2 aromatic heterocycles. The van der Waals surface area contributed by atoms with Gasteiger partial charge < -0.3 is 5.32 Å². The van der Waals surface area contributed by atoms with Crippen LogP contribution in [0.15, 0.2) is 35.2 Å². The Morgan fingerprint density at radius 2 is 2.24 bits per heavy atom. The molecule has 0 fully saturated rings. The molecule has 3 nitrogen and oxygen atoms in total. The third-order valence-corrected chi connectivity index (χ3v) is 3.11. The minimum absolute atomic E-state index is 0.603. The monoisotopic (exact) mass is 311 g/mol. The zero-order valence-corrected chi connectivity index (χ0v) is 11.6. The van der Waals surface area contributed by atoms with Crippen molar-refractivity contribution in [2.75, 3.05) is 5.32 Å². The van der Waals surface area contributed by atoms with Crippen molar-refractivity contribution in [2.24, 2.45) is 0 Å². The lowest BCUT2D eigenvalue weighted by Crippen LogP contribution is -2.03. The Balaban J connectivity index is 2.10. The third kappa shape index (κ3) is 3.17. The molecule has 2 rings (SSSR count). The van der Waals surface area contributed by atoms with Crippen molar-refractivity contribution in [3.05, 3.63) is 51.3 Å². The summed E-state index contributed by atoms with van der Waals surface area (Å²) >= 11 is 9.39. The molecular weight excluding hydrogens is 302 g/mol. The number of aryl methyl sites for hydroxylation is 1. The van der Waals surface area contributed by atoms with Crippen LogP contribution in [0.5, 0.6) is 0 Å². The molecule has 0 unspecified atom stereocenters. The zero-order valence-electron chi connectivity index (χ0n) is 9.24. The molecule has 0 amide bonds. The van der Waals surface area contributed by atoms with Gasteiger partial charge >= 0.3 is 0 Å². The van der Waals surface area contributed by atoms with E-state index in [2.05, 4.69) is 31.2 Å². The van der Waals surface area contributed by atoms with Crippen molar-refractivity contribution in [2.45, 2.75) is 13.5 Å². The highest BCUT2D eigenvalue weighted by atomic mass is 79.9. The second kappa shape index (κ2) is 5.47. The summed E-state index contributed by atoms with van der Waals surface area (Å²) in [4.78, 5) is 8.27. The first kappa shape index (κ1) is 12.3. The van der Waals surface area contributed by atoms with Gasteiger partial charge in [0.2, 0.25) is 0 Å². The maximum Gasteiger partial charge on any atom is 0.145 e. The topological polar surface area (TPSA) is 37.8 Å². The Morgan fingerprint density at radius 1 is 1.41 bits per heavy atom. The summed E-state index contributed by atoms with van der Waals surface area (Å²) in [5.74, 6) is 0.686. The fraction of sp³-hybridized carbons (Fsp3) is 0.167. The van der Waals surface area contributed by atoms with Crippen LogP contribution >= 0.6 is 27.5 Å². The van der Waals surface area contributed by atoms with Crippen molar-refractivity contribution in [1.82, 2.24) is 9.97 Å². The molecular formula is C12H11BrClN3. The molecule has 17 heavy (non-hydrogen) atoms. The lowest BCUT2D eigenvalue weighted by molar-refractivity contribution is 1.07. The first-order valence-corrected chi connectivity index (χ1v) is 6.28. The summed E-state index contributed by atoms with van der Waals surface area (Å²) in [6.45, 7) is 2.71. The standard InChI is InChI=1S/C12H11BrClN3/c1-8-5-15-3-2-9(8)6-16-12-11(14)4-10(13)7-17-12/h2-5,7H,6H2,1H3,(H,16,17). The number of aromatic nitrogens is 2. The molecule has 0 radical (unpaired) electrons. The molecule has 0 saturated carbocycles. The Hall–Kier alpha value is -1.13. The summed E-state index contributed by atoms with van der Waals surface area (Å²) in [5, 5.41) is 3.81. The summed E-state index contributed by atoms with van der Waals surface area (Å²) in [6.07, 6.45) is 5.34. The van der Waals surface area contributed by atoms with E-state index in [0.29, 0.717) is 17.4 Å². The van der Waals surface area contributed by atoms with Gasteiger partial charge in [0, 0.05) is 29.6 Å². The Bertz CT molecular complexity index is 531. The number of nitrogens with one attached hydrogen (secondary N) is 1.